The van der Waals surface area contributed by atoms with Crippen molar-refractivity contribution in [2.24, 2.45) is 5.73 Å². The number of rotatable bonds is 2. The zero-order valence-electron chi connectivity index (χ0n) is 7.34. The summed E-state index contributed by atoms with van der Waals surface area (Å²) in [4.78, 5) is 0. The third-order valence-corrected chi connectivity index (χ3v) is 2.03. The molecule has 0 aliphatic carbocycles. The third kappa shape index (κ3) is 4.48. The van der Waals surface area contributed by atoms with Crippen LogP contribution in [0.3, 0.4) is 0 Å². The minimum atomic E-state index is -0.0556. The molecule has 5 heteroatoms. The maximum absolute atomic E-state index is 6.00. The van der Waals surface area contributed by atoms with Gasteiger partial charge in [0, 0.05) is 12.6 Å². The average Bonchev–Trinajstić information content (AvgIpc) is 1.89. The summed E-state index contributed by atoms with van der Waals surface area (Å²) in [5.41, 5.74) is 5.95. The lowest BCUT2D eigenvalue weighted by Gasteiger charge is -2.32. The van der Waals surface area contributed by atoms with Gasteiger partial charge < -0.3 is 15.8 Å². The second-order valence-corrected chi connectivity index (χ2v) is 3.05. The molecule has 0 aromatic heterocycles. The van der Waals surface area contributed by atoms with Crippen LogP contribution in [0.5, 0.6) is 0 Å². The van der Waals surface area contributed by atoms with E-state index in [9.17, 15) is 0 Å². The molecule has 1 aliphatic heterocycles. The quantitative estimate of drug-likeness (QED) is 0.710. The lowest BCUT2D eigenvalue weighted by atomic mass is 9.91. The molecule has 1 saturated heterocycles. The zero-order valence-corrected chi connectivity index (χ0v) is 8.97. The van der Waals surface area contributed by atoms with E-state index in [0.29, 0.717) is 6.61 Å². The number of halogens is 2. The van der Waals surface area contributed by atoms with E-state index in [0.717, 1.165) is 25.9 Å². The molecule has 0 radical (unpaired) electrons. The van der Waals surface area contributed by atoms with Crippen LogP contribution in [0.25, 0.3) is 0 Å². The van der Waals surface area contributed by atoms with Gasteiger partial charge in [-0.25, -0.2) is 0 Å². The van der Waals surface area contributed by atoms with E-state index in [4.69, 9.17) is 10.5 Å². The number of nitrogens with two attached hydrogens (primary N) is 1. The van der Waals surface area contributed by atoms with Crippen molar-refractivity contribution in [2.75, 3.05) is 26.8 Å². The molecule has 76 valence electrons. The molecular weight excluding hydrogens is 199 g/mol. The van der Waals surface area contributed by atoms with Crippen molar-refractivity contribution in [1.29, 1.82) is 0 Å². The zero-order chi connectivity index (χ0) is 7.45. The van der Waals surface area contributed by atoms with Crippen molar-refractivity contribution in [3.8, 4) is 0 Å². The lowest BCUT2D eigenvalue weighted by Crippen LogP contribution is -2.51. The Hall–Kier alpha value is 0.460. The molecule has 1 fully saturated rings. The normalized spacial score (nSPS) is 20.5. The summed E-state index contributed by atoms with van der Waals surface area (Å²) in [5.74, 6) is 0. The largest absolute Gasteiger partial charge is 0.383 e. The van der Waals surface area contributed by atoms with Crippen LogP contribution in [0.15, 0.2) is 0 Å². The molecule has 0 spiro atoms. The standard InChI is InChI=1S/C7H16N2O.2ClH/c1-10-6-7(8)2-4-9-5-3-7;;/h9H,2-6,8H2,1H3;2*1H. The van der Waals surface area contributed by atoms with E-state index in [-0.39, 0.29) is 30.4 Å². The summed E-state index contributed by atoms with van der Waals surface area (Å²) in [6.07, 6.45) is 2.06. The van der Waals surface area contributed by atoms with Crippen LogP contribution in [-0.2, 0) is 4.74 Å². The molecule has 0 aromatic rings. The molecule has 1 aliphatic rings. The fourth-order valence-electron chi connectivity index (χ4n) is 1.36. The molecule has 0 aromatic carbocycles. The molecule has 1 heterocycles. The van der Waals surface area contributed by atoms with Gasteiger partial charge in [0.2, 0.25) is 0 Å². The predicted molar refractivity (Wildman–Crippen MR) is 55.4 cm³/mol. The van der Waals surface area contributed by atoms with Crippen LogP contribution in [0, 0.1) is 0 Å². The van der Waals surface area contributed by atoms with Gasteiger partial charge in [0.05, 0.1) is 6.61 Å². The summed E-state index contributed by atoms with van der Waals surface area (Å²) < 4.78 is 5.03. The Kier molecular flexibility index (Phi) is 8.63. The van der Waals surface area contributed by atoms with Gasteiger partial charge in [-0.1, -0.05) is 0 Å². The predicted octanol–water partition coefficient (Wildman–Crippen LogP) is 0.557. The Morgan fingerprint density at radius 2 is 1.83 bits per heavy atom. The van der Waals surface area contributed by atoms with Gasteiger partial charge in [-0.3, -0.25) is 0 Å². The summed E-state index contributed by atoms with van der Waals surface area (Å²) >= 11 is 0. The molecule has 0 amide bonds. The van der Waals surface area contributed by atoms with Gasteiger partial charge in [-0.2, -0.15) is 0 Å². The van der Waals surface area contributed by atoms with Gasteiger partial charge in [0.15, 0.2) is 0 Å². The number of nitrogens with one attached hydrogen (secondary N) is 1. The van der Waals surface area contributed by atoms with Crippen LogP contribution < -0.4 is 11.1 Å². The van der Waals surface area contributed by atoms with E-state index < -0.39 is 0 Å². The minimum Gasteiger partial charge on any atom is -0.383 e. The first-order valence-electron chi connectivity index (χ1n) is 3.75. The second-order valence-electron chi connectivity index (χ2n) is 3.05. The number of methoxy groups -OCH3 is 1. The Labute approximate surface area is 86.2 Å². The molecule has 0 unspecified atom stereocenters. The van der Waals surface area contributed by atoms with E-state index in [1.54, 1.807) is 7.11 Å². The SMILES string of the molecule is COCC1(N)CCNCC1.Cl.Cl. The molecule has 0 saturated carbocycles. The van der Waals surface area contributed by atoms with Crippen molar-refractivity contribution >= 4 is 24.8 Å². The summed E-state index contributed by atoms with van der Waals surface area (Å²) in [6.45, 7) is 2.74. The Morgan fingerprint density at radius 3 is 2.25 bits per heavy atom. The van der Waals surface area contributed by atoms with Crippen molar-refractivity contribution < 1.29 is 4.74 Å². The van der Waals surface area contributed by atoms with E-state index in [2.05, 4.69) is 5.32 Å². The van der Waals surface area contributed by atoms with Crippen LogP contribution >= 0.6 is 24.8 Å². The third-order valence-electron chi connectivity index (χ3n) is 2.03. The average molecular weight is 217 g/mol. The highest BCUT2D eigenvalue weighted by Gasteiger charge is 2.26. The summed E-state index contributed by atoms with van der Waals surface area (Å²) in [7, 11) is 1.71. The van der Waals surface area contributed by atoms with Gasteiger partial charge >= 0.3 is 0 Å². The van der Waals surface area contributed by atoms with E-state index in [1.807, 2.05) is 0 Å². The fraction of sp³-hybridized carbons (Fsp3) is 1.00. The topological polar surface area (TPSA) is 47.3 Å². The maximum Gasteiger partial charge on any atom is 0.0643 e. The molecule has 12 heavy (non-hydrogen) atoms. The molecular formula is C7H18Cl2N2O. The van der Waals surface area contributed by atoms with E-state index >= 15 is 0 Å². The Bertz CT molecular complexity index is 102. The molecule has 0 bridgehead atoms. The Morgan fingerprint density at radius 1 is 1.33 bits per heavy atom. The fourth-order valence-corrected chi connectivity index (χ4v) is 1.36. The van der Waals surface area contributed by atoms with Crippen molar-refractivity contribution in [1.82, 2.24) is 5.32 Å². The number of piperidine rings is 1. The van der Waals surface area contributed by atoms with Crippen LogP contribution in [-0.4, -0.2) is 32.3 Å². The number of ether oxygens (including phenoxy) is 1. The highest BCUT2D eigenvalue weighted by atomic mass is 35.5. The highest BCUT2D eigenvalue weighted by Crippen LogP contribution is 2.14. The highest BCUT2D eigenvalue weighted by molar-refractivity contribution is 5.85. The molecule has 0 atom stereocenters. The van der Waals surface area contributed by atoms with Crippen LogP contribution in [0.4, 0.5) is 0 Å². The number of hydrogen-bond acceptors (Lipinski definition) is 3. The maximum atomic E-state index is 6.00. The first-order chi connectivity index (χ1) is 4.77. The van der Waals surface area contributed by atoms with Crippen molar-refractivity contribution in [3.63, 3.8) is 0 Å². The van der Waals surface area contributed by atoms with Gasteiger partial charge in [0.1, 0.15) is 0 Å². The minimum absolute atomic E-state index is 0. The van der Waals surface area contributed by atoms with Crippen molar-refractivity contribution in [2.45, 2.75) is 18.4 Å². The molecule has 3 N–H and O–H groups in total. The van der Waals surface area contributed by atoms with Gasteiger partial charge in [-0.15, -0.1) is 24.8 Å². The first kappa shape index (κ1) is 15.0. The summed E-state index contributed by atoms with van der Waals surface area (Å²) in [5, 5.41) is 3.26. The number of hydrogen-bond donors (Lipinski definition) is 2. The first-order valence-corrected chi connectivity index (χ1v) is 3.75. The second kappa shape index (κ2) is 6.92. The van der Waals surface area contributed by atoms with Crippen molar-refractivity contribution in [3.05, 3.63) is 0 Å². The smallest absolute Gasteiger partial charge is 0.0643 e. The van der Waals surface area contributed by atoms with E-state index in [1.165, 1.54) is 0 Å². The van der Waals surface area contributed by atoms with Gasteiger partial charge in [-0.05, 0) is 25.9 Å². The monoisotopic (exact) mass is 216 g/mol. The van der Waals surface area contributed by atoms with Gasteiger partial charge in [0.25, 0.3) is 0 Å². The lowest BCUT2D eigenvalue weighted by molar-refractivity contribution is 0.112. The summed E-state index contributed by atoms with van der Waals surface area (Å²) in [6, 6.07) is 0. The molecule has 1 rings (SSSR count). The Balaban J connectivity index is 0. The van der Waals surface area contributed by atoms with Crippen LogP contribution in [0.1, 0.15) is 12.8 Å². The van der Waals surface area contributed by atoms with Crippen LogP contribution in [0.2, 0.25) is 0 Å². The molecule has 3 nitrogen and oxygen atoms in total.